The van der Waals surface area contributed by atoms with Gasteiger partial charge in [-0.05, 0) is 37.8 Å². The predicted molar refractivity (Wildman–Crippen MR) is 69.8 cm³/mol. The van der Waals surface area contributed by atoms with Crippen molar-refractivity contribution in [3.05, 3.63) is 35.4 Å². The normalized spacial score (nSPS) is 25.2. The Hall–Kier alpha value is -0.820. The van der Waals surface area contributed by atoms with Gasteiger partial charge in [0.1, 0.15) is 0 Å². The lowest BCUT2D eigenvalue weighted by Gasteiger charge is -2.21. The molecule has 1 aliphatic rings. The fourth-order valence-electron chi connectivity index (χ4n) is 2.74. The zero-order valence-electron chi connectivity index (χ0n) is 10.7. The summed E-state index contributed by atoms with van der Waals surface area (Å²) in [5.74, 6) is 1.51. The molecule has 2 atom stereocenters. The molecule has 16 heavy (non-hydrogen) atoms. The first-order valence-electron chi connectivity index (χ1n) is 6.47. The number of hydrogen-bond acceptors (Lipinski definition) is 1. The van der Waals surface area contributed by atoms with Gasteiger partial charge in [0.2, 0.25) is 0 Å². The average Bonchev–Trinajstić information content (AvgIpc) is 2.66. The molecule has 1 heterocycles. The van der Waals surface area contributed by atoms with Crippen molar-refractivity contribution >= 4 is 0 Å². The molecule has 0 aliphatic carbocycles. The second-order valence-corrected chi connectivity index (χ2v) is 5.50. The first kappa shape index (κ1) is 11.7. The smallest absolute Gasteiger partial charge is 0.0139 e. The Morgan fingerprint density at radius 1 is 1.25 bits per heavy atom. The van der Waals surface area contributed by atoms with Gasteiger partial charge in [0.25, 0.3) is 0 Å². The Morgan fingerprint density at radius 3 is 2.56 bits per heavy atom. The third-order valence-electron chi connectivity index (χ3n) is 3.58. The van der Waals surface area contributed by atoms with E-state index in [1.165, 1.54) is 30.5 Å². The van der Waals surface area contributed by atoms with E-state index in [-0.39, 0.29) is 0 Å². The van der Waals surface area contributed by atoms with E-state index in [9.17, 15) is 0 Å². The van der Waals surface area contributed by atoms with E-state index in [4.69, 9.17) is 0 Å². The summed E-state index contributed by atoms with van der Waals surface area (Å²) < 4.78 is 0. The summed E-state index contributed by atoms with van der Waals surface area (Å²) in [7, 11) is 0. The molecule has 1 N–H and O–H groups in total. The monoisotopic (exact) mass is 217 g/mol. The molecule has 1 aromatic carbocycles. The largest absolute Gasteiger partial charge is 0.313 e. The Kier molecular flexibility index (Phi) is 3.65. The highest BCUT2D eigenvalue weighted by atomic mass is 14.9. The predicted octanol–water partition coefficient (Wildman–Crippen LogP) is 3.49. The van der Waals surface area contributed by atoms with Gasteiger partial charge >= 0.3 is 0 Å². The zero-order valence-corrected chi connectivity index (χ0v) is 10.7. The second-order valence-electron chi connectivity index (χ2n) is 5.50. The van der Waals surface area contributed by atoms with Gasteiger partial charge in [-0.1, -0.05) is 43.7 Å². The summed E-state index contributed by atoms with van der Waals surface area (Å²) in [5, 5.41) is 3.65. The van der Waals surface area contributed by atoms with Crippen LogP contribution >= 0.6 is 0 Å². The van der Waals surface area contributed by atoms with Gasteiger partial charge in [-0.3, -0.25) is 0 Å². The second kappa shape index (κ2) is 5.01. The Labute approximate surface area is 99.3 Å². The lowest BCUT2D eigenvalue weighted by atomic mass is 9.87. The lowest BCUT2D eigenvalue weighted by molar-refractivity contribution is 0.434. The fourth-order valence-corrected chi connectivity index (χ4v) is 2.74. The quantitative estimate of drug-likeness (QED) is 0.817. The van der Waals surface area contributed by atoms with Gasteiger partial charge in [0.05, 0.1) is 0 Å². The van der Waals surface area contributed by atoms with Crippen molar-refractivity contribution in [1.29, 1.82) is 0 Å². The third-order valence-corrected chi connectivity index (χ3v) is 3.58. The molecule has 1 aromatic rings. The van der Waals surface area contributed by atoms with Gasteiger partial charge in [-0.2, -0.15) is 0 Å². The lowest BCUT2D eigenvalue weighted by Crippen LogP contribution is -2.27. The van der Waals surface area contributed by atoms with Crippen LogP contribution in [0.3, 0.4) is 0 Å². The molecule has 1 saturated heterocycles. The molecule has 0 spiro atoms. The zero-order chi connectivity index (χ0) is 11.5. The van der Waals surface area contributed by atoms with Crippen molar-refractivity contribution in [2.45, 2.75) is 45.6 Å². The van der Waals surface area contributed by atoms with Crippen LogP contribution in [-0.4, -0.2) is 12.6 Å². The minimum absolute atomic E-state index is 0.683. The van der Waals surface area contributed by atoms with Crippen molar-refractivity contribution < 1.29 is 0 Å². The van der Waals surface area contributed by atoms with Gasteiger partial charge in [0.15, 0.2) is 0 Å². The van der Waals surface area contributed by atoms with E-state index < -0.39 is 0 Å². The molecular weight excluding hydrogens is 194 g/mol. The van der Waals surface area contributed by atoms with Crippen LogP contribution in [-0.2, 0) is 0 Å². The van der Waals surface area contributed by atoms with Crippen LogP contribution in [0.4, 0.5) is 0 Å². The molecular formula is C15H23N. The average molecular weight is 217 g/mol. The molecule has 1 aliphatic heterocycles. The first-order chi connectivity index (χ1) is 7.66. The van der Waals surface area contributed by atoms with Gasteiger partial charge in [0, 0.05) is 12.0 Å². The van der Waals surface area contributed by atoms with E-state index >= 15 is 0 Å². The molecule has 0 radical (unpaired) electrons. The Balaban J connectivity index is 2.10. The van der Waals surface area contributed by atoms with E-state index in [1.54, 1.807) is 0 Å². The van der Waals surface area contributed by atoms with E-state index in [0.717, 1.165) is 11.8 Å². The highest BCUT2D eigenvalue weighted by molar-refractivity contribution is 5.26. The van der Waals surface area contributed by atoms with Crippen LogP contribution < -0.4 is 5.32 Å². The molecule has 1 nitrogen and oxygen atoms in total. The Morgan fingerprint density at radius 2 is 1.94 bits per heavy atom. The molecule has 2 rings (SSSR count). The highest BCUT2D eigenvalue weighted by Crippen LogP contribution is 2.31. The van der Waals surface area contributed by atoms with Crippen molar-refractivity contribution in [2.75, 3.05) is 6.54 Å². The van der Waals surface area contributed by atoms with Crippen molar-refractivity contribution in [3.63, 3.8) is 0 Å². The number of hydrogen-bond donors (Lipinski definition) is 1. The minimum atomic E-state index is 0.683. The van der Waals surface area contributed by atoms with Gasteiger partial charge in [-0.25, -0.2) is 0 Å². The maximum atomic E-state index is 3.65. The van der Waals surface area contributed by atoms with Crippen LogP contribution in [0.1, 0.15) is 43.7 Å². The summed E-state index contributed by atoms with van der Waals surface area (Å²) in [4.78, 5) is 0. The van der Waals surface area contributed by atoms with Crippen molar-refractivity contribution in [1.82, 2.24) is 5.32 Å². The Bertz CT molecular complexity index is 326. The molecule has 2 unspecified atom stereocenters. The van der Waals surface area contributed by atoms with Crippen LogP contribution in [0.5, 0.6) is 0 Å². The molecule has 1 heteroatoms. The van der Waals surface area contributed by atoms with Gasteiger partial charge < -0.3 is 5.32 Å². The first-order valence-corrected chi connectivity index (χ1v) is 6.47. The number of nitrogens with one attached hydrogen (secondary N) is 1. The van der Waals surface area contributed by atoms with Crippen LogP contribution in [0, 0.1) is 12.8 Å². The number of rotatable bonds is 3. The fraction of sp³-hybridized carbons (Fsp3) is 0.600. The molecule has 0 bridgehead atoms. The summed E-state index contributed by atoms with van der Waals surface area (Å²) >= 11 is 0. The summed E-state index contributed by atoms with van der Waals surface area (Å²) in [6.45, 7) is 7.95. The minimum Gasteiger partial charge on any atom is -0.313 e. The highest BCUT2D eigenvalue weighted by Gasteiger charge is 2.28. The third kappa shape index (κ3) is 2.65. The molecule has 1 fully saturated rings. The molecule has 0 saturated carbocycles. The summed E-state index contributed by atoms with van der Waals surface area (Å²) in [6.07, 6.45) is 2.58. The van der Waals surface area contributed by atoms with Crippen molar-refractivity contribution in [2.24, 2.45) is 5.92 Å². The van der Waals surface area contributed by atoms with Crippen LogP contribution in [0.15, 0.2) is 24.3 Å². The standard InChI is InChI=1S/C15H23N/c1-11(2)10-15-14(8-9-16-15)13-6-4-12(3)5-7-13/h4-7,11,14-16H,8-10H2,1-3H3. The topological polar surface area (TPSA) is 12.0 Å². The number of benzene rings is 1. The summed E-state index contributed by atoms with van der Waals surface area (Å²) in [6, 6.07) is 9.77. The van der Waals surface area contributed by atoms with Gasteiger partial charge in [-0.15, -0.1) is 0 Å². The maximum Gasteiger partial charge on any atom is 0.0139 e. The van der Waals surface area contributed by atoms with Crippen LogP contribution in [0.25, 0.3) is 0 Å². The van der Waals surface area contributed by atoms with E-state index in [2.05, 4.69) is 50.4 Å². The molecule has 0 amide bonds. The summed E-state index contributed by atoms with van der Waals surface area (Å²) in [5.41, 5.74) is 2.87. The molecule has 0 aromatic heterocycles. The van der Waals surface area contributed by atoms with E-state index in [1.807, 2.05) is 0 Å². The van der Waals surface area contributed by atoms with Crippen LogP contribution in [0.2, 0.25) is 0 Å². The maximum absolute atomic E-state index is 3.65. The van der Waals surface area contributed by atoms with Crippen molar-refractivity contribution in [3.8, 4) is 0 Å². The molecule has 88 valence electrons. The number of aryl methyl sites for hydroxylation is 1. The van der Waals surface area contributed by atoms with E-state index in [0.29, 0.717) is 6.04 Å². The SMILES string of the molecule is Cc1ccc(C2CCNC2CC(C)C)cc1.